The lowest BCUT2D eigenvalue weighted by Gasteiger charge is -2.40. The monoisotopic (exact) mass is 220 g/mol. The summed E-state index contributed by atoms with van der Waals surface area (Å²) in [5.41, 5.74) is 2.08. The van der Waals surface area contributed by atoms with Crippen LogP contribution in [0.25, 0.3) is 0 Å². The highest BCUT2D eigenvalue weighted by atomic mass is 19.1. The Morgan fingerprint density at radius 2 is 2.06 bits per heavy atom. The van der Waals surface area contributed by atoms with Crippen LogP contribution in [0, 0.1) is 5.82 Å². The average molecular weight is 220 g/mol. The molecular weight excluding hydrogens is 203 g/mol. The van der Waals surface area contributed by atoms with Gasteiger partial charge < -0.3 is 5.32 Å². The molecule has 1 N–H and O–H groups in total. The second kappa shape index (κ2) is 3.54. The predicted octanol–water partition coefficient (Wildman–Crippen LogP) is 1.85. The first-order valence-electron chi connectivity index (χ1n) is 5.94. The molecule has 3 rings (SSSR count). The van der Waals surface area contributed by atoms with Gasteiger partial charge in [0.1, 0.15) is 5.82 Å². The maximum atomic E-state index is 14.0. The Balaban J connectivity index is 2.13. The molecule has 2 aliphatic heterocycles. The van der Waals surface area contributed by atoms with Crippen molar-refractivity contribution in [1.29, 1.82) is 0 Å². The Labute approximate surface area is 95.4 Å². The number of hydrogen-bond donors (Lipinski definition) is 1. The summed E-state index contributed by atoms with van der Waals surface area (Å²) < 4.78 is 14.0. The molecule has 1 spiro atoms. The first-order valence-corrected chi connectivity index (χ1v) is 5.94. The van der Waals surface area contributed by atoms with Crippen molar-refractivity contribution in [3.63, 3.8) is 0 Å². The van der Waals surface area contributed by atoms with E-state index in [2.05, 4.69) is 23.3 Å². The van der Waals surface area contributed by atoms with Gasteiger partial charge in [0.25, 0.3) is 0 Å². The molecule has 0 unspecified atom stereocenters. The van der Waals surface area contributed by atoms with Gasteiger partial charge >= 0.3 is 0 Å². The molecule has 2 nitrogen and oxygen atoms in total. The van der Waals surface area contributed by atoms with Gasteiger partial charge in [0.2, 0.25) is 0 Å². The van der Waals surface area contributed by atoms with Crippen molar-refractivity contribution < 1.29 is 4.39 Å². The summed E-state index contributed by atoms with van der Waals surface area (Å²) >= 11 is 0. The van der Waals surface area contributed by atoms with Crippen LogP contribution in [-0.4, -0.2) is 25.0 Å². The molecule has 0 amide bonds. The van der Waals surface area contributed by atoms with Crippen molar-refractivity contribution >= 4 is 0 Å². The lowest BCUT2D eigenvalue weighted by Crippen LogP contribution is -2.47. The number of fused-ring (bicyclic) bond motifs is 2. The highest BCUT2D eigenvalue weighted by Gasteiger charge is 2.45. The number of rotatable bonds is 0. The minimum absolute atomic E-state index is 0.0243. The molecule has 0 saturated carbocycles. The van der Waals surface area contributed by atoms with E-state index in [0.717, 1.165) is 38.0 Å². The molecule has 16 heavy (non-hydrogen) atoms. The zero-order valence-electron chi connectivity index (χ0n) is 9.59. The van der Waals surface area contributed by atoms with Gasteiger partial charge in [-0.05, 0) is 44.6 Å². The molecule has 0 aliphatic carbocycles. The Morgan fingerprint density at radius 1 is 1.31 bits per heavy atom. The number of piperidine rings is 1. The maximum Gasteiger partial charge on any atom is 0.128 e. The Hall–Kier alpha value is -0.930. The van der Waals surface area contributed by atoms with Gasteiger partial charge in [-0.1, -0.05) is 12.1 Å². The first kappa shape index (κ1) is 10.2. The topological polar surface area (TPSA) is 15.3 Å². The molecule has 3 heteroatoms. The second-order valence-electron chi connectivity index (χ2n) is 4.91. The van der Waals surface area contributed by atoms with Crippen LogP contribution in [0.1, 0.15) is 24.0 Å². The van der Waals surface area contributed by atoms with Crippen LogP contribution in [-0.2, 0) is 12.1 Å². The van der Waals surface area contributed by atoms with E-state index in [-0.39, 0.29) is 11.4 Å². The van der Waals surface area contributed by atoms with E-state index >= 15 is 0 Å². The molecule has 1 aromatic carbocycles. The van der Waals surface area contributed by atoms with Gasteiger partial charge in [0, 0.05) is 12.1 Å². The molecule has 1 fully saturated rings. The van der Waals surface area contributed by atoms with E-state index in [9.17, 15) is 4.39 Å². The van der Waals surface area contributed by atoms with E-state index in [1.54, 1.807) is 6.07 Å². The van der Waals surface area contributed by atoms with Crippen LogP contribution < -0.4 is 5.32 Å². The van der Waals surface area contributed by atoms with E-state index in [1.165, 1.54) is 5.56 Å². The van der Waals surface area contributed by atoms with Gasteiger partial charge in [-0.2, -0.15) is 0 Å². The number of hydrogen-bond acceptors (Lipinski definition) is 2. The molecule has 2 heterocycles. The molecule has 0 atom stereocenters. The van der Waals surface area contributed by atoms with E-state index < -0.39 is 0 Å². The normalized spacial score (nSPS) is 23.6. The highest BCUT2D eigenvalue weighted by molar-refractivity contribution is 5.39. The second-order valence-corrected chi connectivity index (χ2v) is 4.91. The van der Waals surface area contributed by atoms with E-state index in [1.807, 2.05) is 6.07 Å². The summed E-state index contributed by atoms with van der Waals surface area (Å²) in [6, 6.07) is 5.48. The summed E-state index contributed by atoms with van der Waals surface area (Å²) in [7, 11) is 2.12. The minimum Gasteiger partial charge on any atom is -0.317 e. The van der Waals surface area contributed by atoms with Crippen molar-refractivity contribution in [2.75, 3.05) is 20.1 Å². The van der Waals surface area contributed by atoms with Crippen LogP contribution >= 0.6 is 0 Å². The van der Waals surface area contributed by atoms with Crippen molar-refractivity contribution in [2.24, 2.45) is 0 Å². The molecule has 0 radical (unpaired) electrons. The third-order valence-corrected chi connectivity index (χ3v) is 4.13. The fourth-order valence-corrected chi connectivity index (χ4v) is 3.29. The van der Waals surface area contributed by atoms with Crippen molar-refractivity contribution in [3.05, 3.63) is 35.1 Å². The molecule has 86 valence electrons. The van der Waals surface area contributed by atoms with Crippen molar-refractivity contribution in [1.82, 2.24) is 10.2 Å². The van der Waals surface area contributed by atoms with Crippen LogP contribution in [0.2, 0.25) is 0 Å². The molecule has 1 aromatic rings. The number of benzene rings is 1. The van der Waals surface area contributed by atoms with Gasteiger partial charge in [-0.25, -0.2) is 4.39 Å². The Bertz CT molecular complexity index is 410. The first-order chi connectivity index (χ1) is 7.74. The zero-order chi connectivity index (χ0) is 11.2. The summed E-state index contributed by atoms with van der Waals surface area (Å²) in [4.78, 5) is 2.32. The average Bonchev–Trinajstić information content (AvgIpc) is 2.55. The smallest absolute Gasteiger partial charge is 0.128 e. The van der Waals surface area contributed by atoms with Crippen LogP contribution in [0.4, 0.5) is 4.39 Å². The third-order valence-electron chi connectivity index (χ3n) is 4.13. The van der Waals surface area contributed by atoms with E-state index in [0.29, 0.717) is 0 Å². The predicted molar refractivity (Wildman–Crippen MR) is 61.6 cm³/mol. The lowest BCUT2D eigenvalue weighted by atomic mass is 9.81. The highest BCUT2D eigenvalue weighted by Crippen LogP contribution is 2.45. The van der Waals surface area contributed by atoms with Crippen molar-refractivity contribution in [2.45, 2.75) is 24.9 Å². The SMILES string of the molecule is CN1Cc2cccc(F)c2C12CCNCC2. The standard InChI is InChI=1S/C13H17FN2/c1-16-9-10-3-2-4-11(14)12(10)13(16)5-7-15-8-6-13/h2-4,15H,5-9H2,1H3. The number of halogens is 1. The van der Waals surface area contributed by atoms with Crippen LogP contribution in [0.15, 0.2) is 18.2 Å². The van der Waals surface area contributed by atoms with Gasteiger partial charge in [-0.15, -0.1) is 0 Å². The summed E-state index contributed by atoms with van der Waals surface area (Å²) in [5, 5.41) is 3.36. The zero-order valence-corrected chi connectivity index (χ0v) is 9.59. The van der Waals surface area contributed by atoms with Crippen molar-refractivity contribution in [3.8, 4) is 0 Å². The number of nitrogens with zero attached hydrogens (tertiary/aromatic N) is 1. The van der Waals surface area contributed by atoms with Gasteiger partial charge in [0.05, 0.1) is 5.54 Å². The molecule has 0 aromatic heterocycles. The van der Waals surface area contributed by atoms with Gasteiger partial charge in [-0.3, -0.25) is 4.90 Å². The molecule has 0 bridgehead atoms. The Kier molecular flexibility index (Phi) is 2.26. The molecule has 1 saturated heterocycles. The minimum atomic E-state index is -0.0497. The summed E-state index contributed by atoms with van der Waals surface area (Å²) in [6.45, 7) is 2.85. The summed E-state index contributed by atoms with van der Waals surface area (Å²) in [5.74, 6) is -0.0243. The lowest BCUT2D eigenvalue weighted by molar-refractivity contribution is 0.0936. The fourth-order valence-electron chi connectivity index (χ4n) is 3.29. The molecular formula is C13H17FN2. The quantitative estimate of drug-likeness (QED) is 0.718. The van der Waals surface area contributed by atoms with Crippen LogP contribution in [0.5, 0.6) is 0 Å². The maximum absolute atomic E-state index is 14.0. The largest absolute Gasteiger partial charge is 0.317 e. The van der Waals surface area contributed by atoms with E-state index in [4.69, 9.17) is 0 Å². The van der Waals surface area contributed by atoms with Gasteiger partial charge in [0.15, 0.2) is 0 Å². The fraction of sp³-hybridized carbons (Fsp3) is 0.538. The molecule has 2 aliphatic rings. The summed E-state index contributed by atoms with van der Waals surface area (Å²) in [6.07, 6.45) is 2.02. The van der Waals surface area contributed by atoms with Crippen LogP contribution in [0.3, 0.4) is 0 Å². The number of nitrogens with one attached hydrogen (secondary N) is 1. The Morgan fingerprint density at radius 3 is 2.81 bits per heavy atom. The third kappa shape index (κ3) is 1.25.